The van der Waals surface area contributed by atoms with Crippen LogP contribution in [0.5, 0.6) is 5.75 Å². The summed E-state index contributed by atoms with van der Waals surface area (Å²) in [6.45, 7) is 1.47. The number of carbonyl (C=O) groups is 3. The number of carbonyl (C=O) groups excluding carboxylic acids is 3. The highest BCUT2D eigenvalue weighted by molar-refractivity contribution is 5.96. The van der Waals surface area contributed by atoms with Gasteiger partial charge in [-0.1, -0.05) is 6.07 Å². The van der Waals surface area contributed by atoms with Gasteiger partial charge in [0, 0.05) is 5.69 Å². The number of esters is 2. The van der Waals surface area contributed by atoms with Crippen LogP contribution >= 0.6 is 0 Å². The lowest BCUT2D eigenvalue weighted by molar-refractivity contribution is -0.122. The van der Waals surface area contributed by atoms with E-state index in [1.165, 1.54) is 57.5 Å². The minimum absolute atomic E-state index is 0.0631. The van der Waals surface area contributed by atoms with E-state index in [-0.39, 0.29) is 22.6 Å². The Morgan fingerprint density at radius 3 is 2.07 bits per heavy atom. The molecular formula is C19H18FNO6. The van der Waals surface area contributed by atoms with Crippen LogP contribution < -0.4 is 10.1 Å². The van der Waals surface area contributed by atoms with Gasteiger partial charge in [0.05, 0.1) is 25.3 Å². The minimum Gasteiger partial charge on any atom is -0.481 e. The fraction of sp³-hybridized carbons (Fsp3) is 0.211. The predicted molar refractivity (Wildman–Crippen MR) is 94.2 cm³/mol. The molecular weight excluding hydrogens is 357 g/mol. The fourth-order valence-corrected chi connectivity index (χ4v) is 2.21. The van der Waals surface area contributed by atoms with Gasteiger partial charge in [0.1, 0.15) is 11.6 Å². The molecule has 142 valence electrons. The van der Waals surface area contributed by atoms with Crippen LogP contribution in [-0.2, 0) is 14.3 Å². The van der Waals surface area contributed by atoms with E-state index in [9.17, 15) is 18.8 Å². The van der Waals surface area contributed by atoms with E-state index in [2.05, 4.69) is 14.8 Å². The SMILES string of the molecule is COC(=O)c1cc(O[C@H](C)C(=O)Nc2cccc(F)c2)cc(C(=O)OC)c1. The molecule has 0 saturated heterocycles. The van der Waals surface area contributed by atoms with Gasteiger partial charge in [-0.15, -0.1) is 0 Å². The standard InChI is InChI=1S/C19H18FNO6/c1-11(17(22)21-15-6-4-5-14(20)10-15)27-16-8-12(18(23)25-2)7-13(9-16)19(24)26-3/h4-11H,1-3H3,(H,21,22)/t11-/m1/s1. The Bertz CT molecular complexity index is 833. The highest BCUT2D eigenvalue weighted by Gasteiger charge is 2.19. The van der Waals surface area contributed by atoms with Crippen LogP contribution in [0.2, 0.25) is 0 Å². The van der Waals surface area contributed by atoms with Crippen LogP contribution in [0.15, 0.2) is 42.5 Å². The zero-order valence-electron chi connectivity index (χ0n) is 14.9. The van der Waals surface area contributed by atoms with Gasteiger partial charge in [-0.2, -0.15) is 0 Å². The Morgan fingerprint density at radius 1 is 0.963 bits per heavy atom. The molecule has 0 bridgehead atoms. The molecule has 27 heavy (non-hydrogen) atoms. The second-order valence-corrected chi connectivity index (χ2v) is 5.49. The summed E-state index contributed by atoms with van der Waals surface area (Å²) in [5.41, 5.74) is 0.398. The van der Waals surface area contributed by atoms with Crippen molar-refractivity contribution in [3.63, 3.8) is 0 Å². The molecule has 0 aliphatic carbocycles. The van der Waals surface area contributed by atoms with Crippen molar-refractivity contribution in [2.24, 2.45) is 0 Å². The molecule has 0 fully saturated rings. The van der Waals surface area contributed by atoms with E-state index in [0.29, 0.717) is 0 Å². The van der Waals surface area contributed by atoms with Gasteiger partial charge in [-0.3, -0.25) is 4.79 Å². The third-order valence-electron chi connectivity index (χ3n) is 3.52. The molecule has 0 radical (unpaired) electrons. The lowest BCUT2D eigenvalue weighted by Gasteiger charge is -2.16. The average Bonchev–Trinajstić information content (AvgIpc) is 2.66. The first-order valence-electron chi connectivity index (χ1n) is 7.89. The van der Waals surface area contributed by atoms with Gasteiger partial charge >= 0.3 is 11.9 Å². The van der Waals surface area contributed by atoms with E-state index in [1.54, 1.807) is 0 Å². The van der Waals surface area contributed by atoms with Crippen LogP contribution in [0, 0.1) is 5.82 Å². The van der Waals surface area contributed by atoms with E-state index in [1.807, 2.05) is 0 Å². The molecule has 0 spiro atoms. The van der Waals surface area contributed by atoms with Crippen LogP contribution in [0.1, 0.15) is 27.6 Å². The maximum absolute atomic E-state index is 13.2. The highest BCUT2D eigenvalue weighted by Crippen LogP contribution is 2.21. The predicted octanol–water partition coefficient (Wildman–Crippen LogP) is 2.80. The summed E-state index contributed by atoms with van der Waals surface area (Å²) in [5, 5.41) is 2.51. The number of nitrogens with one attached hydrogen (secondary N) is 1. The second-order valence-electron chi connectivity index (χ2n) is 5.49. The number of anilines is 1. The summed E-state index contributed by atoms with van der Waals surface area (Å²) in [6, 6.07) is 9.37. The van der Waals surface area contributed by atoms with Gasteiger partial charge < -0.3 is 19.5 Å². The Hall–Kier alpha value is -3.42. The molecule has 2 aromatic rings. The Kier molecular flexibility index (Phi) is 6.48. The quantitative estimate of drug-likeness (QED) is 0.781. The molecule has 0 aromatic heterocycles. The van der Waals surface area contributed by atoms with Crippen LogP contribution in [0.3, 0.4) is 0 Å². The number of methoxy groups -OCH3 is 2. The lowest BCUT2D eigenvalue weighted by Crippen LogP contribution is -2.30. The normalized spacial score (nSPS) is 11.3. The van der Waals surface area contributed by atoms with Gasteiger partial charge in [-0.05, 0) is 43.3 Å². The molecule has 2 aromatic carbocycles. The Labute approximate surface area is 155 Å². The van der Waals surface area contributed by atoms with Gasteiger partial charge in [0.15, 0.2) is 6.10 Å². The zero-order valence-corrected chi connectivity index (χ0v) is 14.9. The summed E-state index contributed by atoms with van der Waals surface area (Å²) >= 11 is 0. The van der Waals surface area contributed by atoms with E-state index in [0.717, 1.165) is 6.07 Å². The summed E-state index contributed by atoms with van der Waals surface area (Å²) < 4.78 is 28.0. The maximum atomic E-state index is 13.2. The highest BCUT2D eigenvalue weighted by atomic mass is 19.1. The molecule has 0 aliphatic rings. The third kappa shape index (κ3) is 5.27. The molecule has 0 aliphatic heterocycles. The molecule has 8 heteroatoms. The number of ether oxygens (including phenoxy) is 3. The number of rotatable bonds is 6. The first kappa shape index (κ1) is 19.9. The van der Waals surface area contributed by atoms with Crippen molar-refractivity contribution in [2.75, 3.05) is 19.5 Å². The topological polar surface area (TPSA) is 90.9 Å². The molecule has 1 amide bonds. The van der Waals surface area contributed by atoms with Crippen molar-refractivity contribution in [3.8, 4) is 5.75 Å². The Balaban J connectivity index is 2.20. The largest absolute Gasteiger partial charge is 0.481 e. The Morgan fingerprint density at radius 2 is 1.56 bits per heavy atom. The summed E-state index contributed by atoms with van der Waals surface area (Å²) in [7, 11) is 2.39. The molecule has 7 nitrogen and oxygen atoms in total. The van der Waals surface area contributed by atoms with Crippen LogP contribution in [0.25, 0.3) is 0 Å². The fourth-order valence-electron chi connectivity index (χ4n) is 2.21. The summed E-state index contributed by atoms with van der Waals surface area (Å²) in [6.07, 6.45) is -0.994. The second kappa shape index (κ2) is 8.79. The van der Waals surface area contributed by atoms with E-state index < -0.39 is 29.8 Å². The van der Waals surface area contributed by atoms with Gasteiger partial charge in [0.25, 0.3) is 5.91 Å². The molecule has 1 atom stereocenters. The summed E-state index contributed by atoms with van der Waals surface area (Å²) in [5.74, 6) is -2.29. The van der Waals surface area contributed by atoms with Crippen molar-refractivity contribution in [3.05, 3.63) is 59.4 Å². The maximum Gasteiger partial charge on any atom is 0.338 e. The van der Waals surface area contributed by atoms with Crippen molar-refractivity contribution in [1.82, 2.24) is 0 Å². The molecule has 0 saturated carbocycles. The lowest BCUT2D eigenvalue weighted by atomic mass is 10.1. The van der Waals surface area contributed by atoms with Crippen molar-refractivity contribution < 1.29 is 33.0 Å². The molecule has 0 unspecified atom stereocenters. The van der Waals surface area contributed by atoms with E-state index >= 15 is 0 Å². The minimum atomic E-state index is -0.994. The van der Waals surface area contributed by atoms with Crippen molar-refractivity contribution in [2.45, 2.75) is 13.0 Å². The third-order valence-corrected chi connectivity index (χ3v) is 3.52. The molecule has 2 rings (SSSR count). The number of hydrogen-bond acceptors (Lipinski definition) is 6. The first-order valence-corrected chi connectivity index (χ1v) is 7.89. The van der Waals surface area contributed by atoms with Crippen molar-refractivity contribution in [1.29, 1.82) is 0 Å². The van der Waals surface area contributed by atoms with E-state index in [4.69, 9.17) is 4.74 Å². The first-order chi connectivity index (χ1) is 12.8. The monoisotopic (exact) mass is 375 g/mol. The number of halogens is 1. The smallest absolute Gasteiger partial charge is 0.338 e. The average molecular weight is 375 g/mol. The van der Waals surface area contributed by atoms with Gasteiger partial charge in [-0.25, -0.2) is 14.0 Å². The molecule has 0 heterocycles. The zero-order chi connectivity index (χ0) is 20.0. The summed E-state index contributed by atoms with van der Waals surface area (Å²) in [4.78, 5) is 35.8. The number of hydrogen-bond donors (Lipinski definition) is 1. The van der Waals surface area contributed by atoms with Crippen molar-refractivity contribution >= 4 is 23.5 Å². The number of benzene rings is 2. The molecule has 1 N–H and O–H groups in total. The number of amides is 1. The van der Waals surface area contributed by atoms with Crippen LogP contribution in [0.4, 0.5) is 10.1 Å². The van der Waals surface area contributed by atoms with Gasteiger partial charge in [0.2, 0.25) is 0 Å². The van der Waals surface area contributed by atoms with Crippen LogP contribution in [-0.4, -0.2) is 38.2 Å².